The Morgan fingerprint density at radius 1 is 0.814 bits per heavy atom. The van der Waals surface area contributed by atoms with E-state index in [1.54, 1.807) is 6.07 Å². The summed E-state index contributed by atoms with van der Waals surface area (Å²) in [5, 5.41) is 54.9. The van der Waals surface area contributed by atoms with Crippen molar-refractivity contribution < 1.29 is 105 Å². The van der Waals surface area contributed by atoms with E-state index < -0.39 is 105 Å². The Morgan fingerprint density at radius 2 is 1.41 bits per heavy atom. The van der Waals surface area contributed by atoms with Crippen molar-refractivity contribution in [1.29, 1.82) is 0 Å². The normalized spacial score (nSPS) is 24.6. The molecule has 0 bridgehead atoms. The number of aliphatic hydroxyl groups is 4. The van der Waals surface area contributed by atoms with E-state index >= 15 is 0 Å². The summed E-state index contributed by atoms with van der Waals surface area (Å²) < 4.78 is 75.9. The van der Waals surface area contributed by atoms with Crippen molar-refractivity contribution in [1.82, 2.24) is 34.1 Å². The minimum atomic E-state index is -5.38. The van der Waals surface area contributed by atoms with Crippen LogP contribution in [-0.4, -0.2) is 134 Å². The number of H-pyrrole nitrogens is 1. The van der Waals surface area contributed by atoms with Crippen molar-refractivity contribution in [3.8, 4) is 17.0 Å². The zero-order chi connectivity index (χ0) is 51.2. The highest BCUT2D eigenvalue weighted by Gasteiger charge is 2.49. The van der Waals surface area contributed by atoms with Gasteiger partial charge in [0.15, 0.2) is 29.2 Å². The summed E-state index contributed by atoms with van der Waals surface area (Å²) in [6.07, 6.45) is -9.74. The number of hydrogen-bond donors (Lipinski definition) is 13. The zero-order valence-electron chi connectivity index (χ0n) is 34.8. The van der Waals surface area contributed by atoms with Crippen molar-refractivity contribution in [3.63, 3.8) is 0 Å². The van der Waals surface area contributed by atoms with Gasteiger partial charge in [-0.2, -0.15) is 13.6 Å². The number of fused-ring (bicyclic) bond motifs is 2. The summed E-state index contributed by atoms with van der Waals surface area (Å²) in [5.74, 6) is -1.33. The van der Waals surface area contributed by atoms with E-state index in [-0.39, 0.29) is 40.8 Å². The molecular weight excluding hydrogens is 1050 g/mol. The highest BCUT2D eigenvalue weighted by Crippen LogP contribution is 2.58. The van der Waals surface area contributed by atoms with Crippen LogP contribution in [0.2, 0.25) is 5.02 Å². The molecule has 0 aliphatic carbocycles. The van der Waals surface area contributed by atoms with Crippen molar-refractivity contribution in [3.05, 3.63) is 82.1 Å². The molecule has 2 aliphatic heterocycles. The highest BCUT2D eigenvalue weighted by atomic mass is 35.5. The third-order valence-corrected chi connectivity index (χ3v) is 14.6. The molecule has 2 aliphatic rings. The zero-order valence-corrected chi connectivity index (χ0v) is 39.2. The van der Waals surface area contributed by atoms with Gasteiger partial charge in [0.25, 0.3) is 11.5 Å². The van der Waals surface area contributed by atoms with Gasteiger partial charge in [-0.15, -0.1) is 0 Å². The molecule has 0 saturated carbocycles. The molecule has 37 heteroatoms. The monoisotopic (exact) mass is 1090 g/mol. The van der Waals surface area contributed by atoms with E-state index in [4.69, 9.17) is 52.1 Å². The number of phosphoric ester groups is 2. The smallest absolute Gasteiger partial charge is 0.481 e. The fraction of sp³-hybridized carbons (Fsp3) is 0.333. The second-order valence-corrected chi connectivity index (χ2v) is 21.0. The molecule has 2 unspecified atom stereocenters. The minimum absolute atomic E-state index is 0.00708. The van der Waals surface area contributed by atoms with Gasteiger partial charge in [0.2, 0.25) is 12.2 Å². The van der Waals surface area contributed by atoms with E-state index in [1.165, 1.54) is 15.5 Å². The molecule has 0 amide bonds. The van der Waals surface area contributed by atoms with Crippen LogP contribution in [0.4, 0.5) is 11.9 Å². The van der Waals surface area contributed by atoms with Crippen LogP contribution in [0.15, 0.2) is 66.0 Å². The van der Waals surface area contributed by atoms with E-state index in [2.05, 4.69) is 42.6 Å². The summed E-state index contributed by atoms with van der Waals surface area (Å²) in [6, 6.07) is 14.9. The number of imidazole rings is 2. The third-order valence-electron chi connectivity index (χ3n) is 10.0. The molecule has 0 spiro atoms. The lowest BCUT2D eigenvalue weighted by molar-refractivity contribution is -0.745. The number of benzene rings is 2. The largest absolute Gasteiger partial charge is 0.856 e. The third kappa shape index (κ3) is 12.3. The molecule has 15 N–H and O–H groups in total. The van der Waals surface area contributed by atoms with Gasteiger partial charge in [0.1, 0.15) is 36.6 Å². The molecule has 4 aromatic heterocycles. The predicted octanol–water partition coefficient (Wildman–Crippen LogP) is -1.86. The number of nitrogens with one attached hydrogen (secondary N) is 1. The Balaban J connectivity index is 0.000000224. The number of nitrogens with two attached hydrogens (primary N) is 2. The average Bonchev–Trinajstić information content (AvgIpc) is 3.97. The summed E-state index contributed by atoms with van der Waals surface area (Å²) in [5.41, 5.74) is 12.7. The summed E-state index contributed by atoms with van der Waals surface area (Å²) in [6.45, 7) is -1.67. The van der Waals surface area contributed by atoms with Crippen molar-refractivity contribution >= 4 is 77.1 Å². The first-order valence-corrected chi connectivity index (χ1v) is 25.9. The van der Waals surface area contributed by atoms with E-state index in [0.29, 0.717) is 10.6 Å². The maximum absolute atomic E-state index is 12.9. The number of anilines is 2. The van der Waals surface area contributed by atoms with Crippen LogP contribution < -0.4 is 26.7 Å². The van der Waals surface area contributed by atoms with Gasteiger partial charge >= 0.3 is 36.9 Å². The second-order valence-electron chi connectivity index (χ2n) is 14.9. The molecule has 6 heterocycles. The number of aromatic amines is 1. The van der Waals surface area contributed by atoms with Crippen molar-refractivity contribution in [2.75, 3.05) is 24.7 Å². The molecule has 6 aromatic rings. The van der Waals surface area contributed by atoms with E-state index in [0.717, 1.165) is 22.0 Å². The predicted molar refractivity (Wildman–Crippen MR) is 230 cm³/mol. The SMILES string of the molecule is Nc1nc([O-])c2c(n1)[n+]([C@@H]1O[C@H](COP(=O)(O)OP(=O)(O)O)[C@@H](O)[C@H]1O)cn2Cc1ccc(-c2ccccc2)c(Cl)c1.Nc1nc2c(ncn2[C@@H]2O[C@H](COP(=O)(O)OP(=O)(O)O)[C@@H](O)[C@H]2O)c(=O)[nH]1. The van der Waals surface area contributed by atoms with Gasteiger partial charge in [0, 0.05) is 16.5 Å². The molecule has 70 heavy (non-hydrogen) atoms. The number of nitrogens with zero attached hydrogens (tertiary/aromatic N) is 7. The lowest BCUT2D eigenvalue weighted by atomic mass is 10.0. The van der Waals surface area contributed by atoms with Gasteiger partial charge in [-0.25, -0.2) is 32.8 Å². The van der Waals surface area contributed by atoms with Crippen LogP contribution in [0.3, 0.4) is 0 Å². The number of aromatic nitrogens is 8. The van der Waals surface area contributed by atoms with Gasteiger partial charge in [-0.3, -0.25) is 28.0 Å². The van der Waals surface area contributed by atoms with Crippen molar-refractivity contribution in [2.24, 2.45) is 0 Å². The van der Waals surface area contributed by atoms with Gasteiger partial charge in [-0.1, -0.05) is 59.0 Å². The number of aliphatic hydroxyl groups excluding tert-OH is 4. The lowest BCUT2D eigenvalue weighted by Crippen LogP contribution is -2.46. The van der Waals surface area contributed by atoms with Crippen LogP contribution >= 0.6 is 42.9 Å². The molecule has 8 rings (SSSR count). The Morgan fingerprint density at radius 3 is 2.01 bits per heavy atom. The first-order valence-electron chi connectivity index (χ1n) is 19.4. The molecule has 32 nitrogen and oxygen atoms in total. The van der Waals surface area contributed by atoms with Crippen LogP contribution in [-0.2, 0) is 51.9 Å². The lowest BCUT2D eigenvalue weighted by Gasteiger charge is -2.17. The van der Waals surface area contributed by atoms with Crippen molar-refractivity contribution in [2.45, 2.75) is 55.6 Å². The number of phosphoric acid groups is 4. The minimum Gasteiger partial charge on any atom is -0.856 e. The molecule has 2 fully saturated rings. The quantitative estimate of drug-likeness (QED) is 0.0396. The van der Waals surface area contributed by atoms with Crippen LogP contribution in [0.5, 0.6) is 5.88 Å². The second kappa shape index (κ2) is 20.4. The fourth-order valence-electron chi connectivity index (χ4n) is 7.12. The standard InChI is InChI=1S/C23H24ClN5O11P2.C10H15N5O11P2/c24-15-8-12(6-7-14(15)13-4-2-1-3-5-13)9-28-11-29(20-17(28)21(32)27-23(25)26-20)22-19(31)18(30)16(39-22)10-38-42(36,37)40-41(33,34)35;11-10-13-7-4(8(18)14-10)12-2-15(7)9-6(17)5(16)3(25-9)1-24-28(22,23)26-27(19,20)21/h1-8,11,16,18-19,22,30-31H,9-10H2,(H5-,25,26,27,32,33,34,35,36,37);2-3,5-6,9,16-17H,1H2,(H,22,23)(H2,19,20,21)(H3,11,13,14,18)/t16-,18-,19-,22-;3-,5-,6-,9-/m11/s1. The molecule has 2 aromatic carbocycles. The first kappa shape index (κ1) is 53.1. The Kier molecular flexibility index (Phi) is 15.5. The van der Waals surface area contributed by atoms with E-state index in [9.17, 15) is 58.4 Å². The maximum Gasteiger partial charge on any atom is 0.481 e. The Bertz CT molecular complexity index is 3160. The number of halogens is 1. The molecule has 2 saturated heterocycles. The number of rotatable bonds is 15. The summed E-state index contributed by atoms with van der Waals surface area (Å²) >= 11 is 6.56. The number of ether oxygens (including phenoxy) is 2. The molecular formula is C33H39ClN10O22P4. The number of hydrogen-bond acceptors (Lipinski definition) is 22. The molecule has 0 radical (unpaired) electrons. The van der Waals surface area contributed by atoms with Crippen LogP contribution in [0, 0.1) is 0 Å². The van der Waals surface area contributed by atoms with Crippen LogP contribution in [0.1, 0.15) is 18.0 Å². The van der Waals surface area contributed by atoms with E-state index in [1.807, 2.05) is 42.5 Å². The van der Waals surface area contributed by atoms with Gasteiger partial charge < -0.3 is 75.8 Å². The van der Waals surface area contributed by atoms with Crippen LogP contribution in [0.25, 0.3) is 33.5 Å². The maximum atomic E-state index is 12.9. The van der Waals surface area contributed by atoms with Gasteiger partial charge in [-0.05, 0) is 17.2 Å². The molecule has 380 valence electrons. The summed E-state index contributed by atoms with van der Waals surface area (Å²) in [7, 11) is -21.1. The number of nitrogen functional groups attached to an aromatic ring is 2. The molecule has 10 atom stereocenters. The fourth-order valence-corrected chi connectivity index (χ4v) is 10.6. The highest BCUT2D eigenvalue weighted by molar-refractivity contribution is 7.61. The topological polar surface area (TPSA) is 499 Å². The first-order chi connectivity index (χ1) is 32.6. The Hall–Kier alpha value is -4.69. The van der Waals surface area contributed by atoms with Gasteiger partial charge in [0.05, 0.1) is 26.1 Å². The Labute approximate surface area is 394 Å². The summed E-state index contributed by atoms with van der Waals surface area (Å²) in [4.78, 5) is 82.9. The average molecular weight is 1090 g/mol.